The van der Waals surface area contributed by atoms with Gasteiger partial charge in [-0.3, -0.25) is 0 Å². The predicted octanol–water partition coefficient (Wildman–Crippen LogP) is 4.85. The average Bonchev–Trinajstić information content (AvgIpc) is 2.64. The molecule has 0 saturated carbocycles. The molecule has 0 atom stereocenters. The topological polar surface area (TPSA) is 0 Å². The van der Waals surface area contributed by atoms with Crippen molar-refractivity contribution in [2.24, 2.45) is 0 Å². The fraction of sp³-hybridized carbons (Fsp3) is 0.286. The Morgan fingerprint density at radius 2 is 1.73 bits per heavy atom. The molecule has 0 fully saturated rings. The second-order valence-corrected chi connectivity index (χ2v) is 4.95. The summed E-state index contributed by atoms with van der Waals surface area (Å²) in [7, 11) is 0. The second kappa shape index (κ2) is 4.19. The van der Waals surface area contributed by atoms with Crippen molar-refractivity contribution in [1.82, 2.24) is 0 Å². The van der Waals surface area contributed by atoms with Gasteiger partial charge in [0.15, 0.2) is 0 Å². The smallest absolute Gasteiger partial charge is 0.00119 e. The van der Waals surface area contributed by atoms with Crippen molar-refractivity contribution in [2.45, 2.75) is 26.7 Å². The minimum Gasteiger partial charge on any atom is -0.151 e. The van der Waals surface area contributed by atoms with Crippen LogP contribution in [0.25, 0.3) is 11.1 Å². The van der Waals surface area contributed by atoms with Crippen LogP contribution in [0, 0.1) is 6.92 Å². The quantitative estimate of drug-likeness (QED) is 0.673. The third kappa shape index (κ3) is 1.98. The Morgan fingerprint density at radius 1 is 1.00 bits per heavy atom. The largest absolute Gasteiger partial charge is 0.151 e. The van der Waals surface area contributed by atoms with E-state index in [2.05, 4.69) is 55.8 Å². The first kappa shape index (κ1) is 10.4. The fourth-order valence-corrected chi connectivity index (χ4v) is 2.73. The molecule has 0 spiro atoms. The normalized spacial score (nSPS) is 10.9. The Morgan fingerprint density at radius 3 is 2.33 bits per heavy atom. The molecule has 78 valence electrons. The van der Waals surface area contributed by atoms with Crippen molar-refractivity contribution in [2.75, 3.05) is 0 Å². The molecule has 0 N–H and O–H groups in total. The van der Waals surface area contributed by atoms with Gasteiger partial charge in [0, 0.05) is 0 Å². The maximum absolute atomic E-state index is 2.25. The lowest BCUT2D eigenvalue weighted by molar-refractivity contribution is 0.869. The van der Waals surface area contributed by atoms with Crippen molar-refractivity contribution in [3.63, 3.8) is 0 Å². The standard InChI is InChI=1S/C14H16S/c1-10(2)12-6-4-5-7-13(12)14-9-15-8-11(14)3/h4-10H,1-3H3. The molecule has 0 radical (unpaired) electrons. The Bertz CT molecular complexity index is 452. The summed E-state index contributed by atoms with van der Waals surface area (Å²) in [5, 5.41) is 4.46. The lowest BCUT2D eigenvalue weighted by Crippen LogP contribution is -1.91. The van der Waals surface area contributed by atoms with E-state index in [0.29, 0.717) is 5.92 Å². The number of hydrogen-bond acceptors (Lipinski definition) is 1. The SMILES string of the molecule is Cc1cscc1-c1ccccc1C(C)C. The summed E-state index contributed by atoms with van der Waals surface area (Å²) in [5.41, 5.74) is 5.61. The molecule has 1 heterocycles. The maximum Gasteiger partial charge on any atom is -0.00119 e. The van der Waals surface area contributed by atoms with E-state index in [0.717, 1.165) is 0 Å². The zero-order valence-electron chi connectivity index (χ0n) is 9.45. The van der Waals surface area contributed by atoms with Crippen LogP contribution in [0.2, 0.25) is 0 Å². The first-order valence-corrected chi connectivity index (χ1v) is 6.26. The molecule has 0 aliphatic carbocycles. The number of hydrogen-bond donors (Lipinski definition) is 0. The summed E-state index contributed by atoms with van der Waals surface area (Å²) in [6.07, 6.45) is 0. The Kier molecular flexibility index (Phi) is 2.92. The molecular formula is C14H16S. The molecule has 0 saturated heterocycles. The summed E-state index contributed by atoms with van der Waals surface area (Å²) in [4.78, 5) is 0. The molecule has 15 heavy (non-hydrogen) atoms. The van der Waals surface area contributed by atoms with Crippen LogP contribution in [0.5, 0.6) is 0 Å². The van der Waals surface area contributed by atoms with Crippen LogP contribution < -0.4 is 0 Å². The van der Waals surface area contributed by atoms with Gasteiger partial charge >= 0.3 is 0 Å². The minimum absolute atomic E-state index is 0.584. The van der Waals surface area contributed by atoms with Gasteiger partial charge in [0.05, 0.1) is 0 Å². The number of rotatable bonds is 2. The highest BCUT2D eigenvalue weighted by Gasteiger charge is 2.09. The highest BCUT2D eigenvalue weighted by Crippen LogP contribution is 2.32. The Balaban J connectivity index is 2.58. The van der Waals surface area contributed by atoms with Gasteiger partial charge in [0.2, 0.25) is 0 Å². The zero-order valence-corrected chi connectivity index (χ0v) is 10.3. The molecule has 2 rings (SSSR count). The van der Waals surface area contributed by atoms with Crippen molar-refractivity contribution in [1.29, 1.82) is 0 Å². The van der Waals surface area contributed by atoms with Crippen LogP contribution in [0.4, 0.5) is 0 Å². The minimum atomic E-state index is 0.584. The monoisotopic (exact) mass is 216 g/mol. The van der Waals surface area contributed by atoms with Crippen LogP contribution >= 0.6 is 11.3 Å². The van der Waals surface area contributed by atoms with E-state index >= 15 is 0 Å². The van der Waals surface area contributed by atoms with Crippen LogP contribution in [-0.2, 0) is 0 Å². The van der Waals surface area contributed by atoms with E-state index in [1.54, 1.807) is 11.3 Å². The number of aryl methyl sites for hydroxylation is 1. The van der Waals surface area contributed by atoms with Crippen molar-refractivity contribution < 1.29 is 0 Å². The highest BCUT2D eigenvalue weighted by atomic mass is 32.1. The van der Waals surface area contributed by atoms with Crippen molar-refractivity contribution >= 4 is 11.3 Å². The summed E-state index contributed by atoms with van der Waals surface area (Å²) >= 11 is 1.78. The average molecular weight is 216 g/mol. The van der Waals surface area contributed by atoms with E-state index in [9.17, 15) is 0 Å². The summed E-state index contributed by atoms with van der Waals surface area (Å²) in [6, 6.07) is 8.71. The van der Waals surface area contributed by atoms with Crippen LogP contribution in [0.3, 0.4) is 0 Å². The molecule has 1 aromatic carbocycles. The predicted molar refractivity (Wildman–Crippen MR) is 68.6 cm³/mol. The van der Waals surface area contributed by atoms with Gasteiger partial charge in [-0.2, -0.15) is 11.3 Å². The molecular weight excluding hydrogens is 200 g/mol. The molecule has 0 amide bonds. The van der Waals surface area contributed by atoms with Gasteiger partial charge in [-0.1, -0.05) is 38.1 Å². The van der Waals surface area contributed by atoms with Crippen molar-refractivity contribution in [3.8, 4) is 11.1 Å². The van der Waals surface area contributed by atoms with E-state index < -0.39 is 0 Å². The summed E-state index contributed by atoms with van der Waals surface area (Å²) in [6.45, 7) is 6.68. The lowest BCUT2D eigenvalue weighted by atomic mass is 9.93. The van der Waals surface area contributed by atoms with Gasteiger partial charge in [-0.25, -0.2) is 0 Å². The van der Waals surface area contributed by atoms with Crippen LogP contribution in [0.15, 0.2) is 35.0 Å². The second-order valence-electron chi connectivity index (χ2n) is 4.21. The number of benzene rings is 1. The molecule has 2 aromatic rings. The third-order valence-electron chi connectivity index (χ3n) is 2.73. The third-order valence-corrected chi connectivity index (χ3v) is 3.59. The van der Waals surface area contributed by atoms with E-state index in [1.807, 2.05) is 0 Å². The van der Waals surface area contributed by atoms with Gasteiger partial charge in [0.1, 0.15) is 0 Å². The molecule has 0 aliphatic rings. The van der Waals surface area contributed by atoms with E-state index in [-0.39, 0.29) is 0 Å². The summed E-state index contributed by atoms with van der Waals surface area (Å²) < 4.78 is 0. The first-order valence-electron chi connectivity index (χ1n) is 5.32. The van der Waals surface area contributed by atoms with Crippen LogP contribution in [-0.4, -0.2) is 0 Å². The fourth-order valence-electron chi connectivity index (χ4n) is 1.88. The number of thiophene rings is 1. The zero-order chi connectivity index (χ0) is 10.8. The van der Waals surface area contributed by atoms with Crippen LogP contribution in [0.1, 0.15) is 30.9 Å². The van der Waals surface area contributed by atoms with Gasteiger partial charge in [-0.05, 0) is 45.9 Å². The molecule has 0 aliphatic heterocycles. The summed E-state index contributed by atoms with van der Waals surface area (Å²) in [5.74, 6) is 0.584. The molecule has 0 unspecified atom stereocenters. The molecule has 1 heteroatoms. The first-order chi connectivity index (χ1) is 7.20. The van der Waals surface area contributed by atoms with E-state index in [4.69, 9.17) is 0 Å². The molecule has 1 aromatic heterocycles. The molecule has 0 bridgehead atoms. The lowest BCUT2D eigenvalue weighted by Gasteiger charge is -2.12. The van der Waals surface area contributed by atoms with Gasteiger partial charge in [-0.15, -0.1) is 0 Å². The Hall–Kier alpha value is -1.08. The molecule has 0 nitrogen and oxygen atoms in total. The highest BCUT2D eigenvalue weighted by molar-refractivity contribution is 7.08. The van der Waals surface area contributed by atoms with Crippen molar-refractivity contribution in [3.05, 3.63) is 46.2 Å². The van der Waals surface area contributed by atoms with E-state index in [1.165, 1.54) is 22.3 Å². The Labute approximate surface area is 95.6 Å². The maximum atomic E-state index is 2.25. The van der Waals surface area contributed by atoms with Gasteiger partial charge < -0.3 is 0 Å². The van der Waals surface area contributed by atoms with Gasteiger partial charge in [0.25, 0.3) is 0 Å².